The third kappa shape index (κ3) is 9.16. The number of hydrogen-bond acceptors (Lipinski definition) is 20. The maximum Gasteiger partial charge on any atom is 0.331 e. The van der Waals surface area contributed by atoms with Gasteiger partial charge in [0.15, 0.2) is 12.6 Å². The van der Waals surface area contributed by atoms with Gasteiger partial charge in [0.05, 0.1) is 25.9 Å². The zero-order valence-corrected chi connectivity index (χ0v) is 40.0. The van der Waals surface area contributed by atoms with E-state index in [0.717, 1.165) is 5.57 Å². The molecule has 0 radical (unpaired) electrons. The minimum Gasteiger partial charge on any atom is -0.478 e. The second-order valence-corrected chi connectivity index (χ2v) is 22.4. The number of rotatable bonds is 14. The van der Waals surface area contributed by atoms with E-state index in [0.29, 0.717) is 44.9 Å². The molecule has 23 atom stereocenters. The van der Waals surface area contributed by atoms with Gasteiger partial charge in [0.1, 0.15) is 78.7 Å². The summed E-state index contributed by atoms with van der Waals surface area (Å²) in [4.78, 5) is 27.7. The summed E-state index contributed by atoms with van der Waals surface area (Å²) >= 11 is 0. The van der Waals surface area contributed by atoms with Crippen molar-refractivity contribution < 1.29 is 104 Å². The molecular formula is C48H76O21. The van der Waals surface area contributed by atoms with Gasteiger partial charge in [-0.3, -0.25) is 4.79 Å². The lowest BCUT2D eigenvalue weighted by Crippen LogP contribution is -2.67. The smallest absolute Gasteiger partial charge is 0.331 e. The van der Waals surface area contributed by atoms with E-state index in [1.165, 1.54) is 0 Å². The molecule has 69 heavy (non-hydrogen) atoms. The first kappa shape index (κ1) is 54.5. The number of carboxylic acids is 1. The lowest BCUT2D eigenvalue weighted by molar-refractivity contribution is -0.363. The van der Waals surface area contributed by atoms with E-state index >= 15 is 4.79 Å². The Morgan fingerprint density at radius 1 is 0.725 bits per heavy atom. The number of carboxylic acid groups (broad SMARTS) is 1. The monoisotopic (exact) mass is 988 g/mol. The van der Waals surface area contributed by atoms with Crippen LogP contribution in [0.4, 0.5) is 0 Å². The highest BCUT2D eigenvalue weighted by Gasteiger charge is 2.71. The molecule has 0 spiro atoms. The van der Waals surface area contributed by atoms with Crippen molar-refractivity contribution in [3.05, 3.63) is 23.8 Å². The number of carbonyl (C=O) groups is 2. The average Bonchev–Trinajstić information content (AvgIpc) is 3.29. The first-order chi connectivity index (χ1) is 32.3. The van der Waals surface area contributed by atoms with E-state index in [1.807, 2.05) is 0 Å². The molecule has 0 aromatic heterocycles. The fourth-order valence-corrected chi connectivity index (χ4v) is 13.9. The van der Waals surface area contributed by atoms with E-state index in [4.69, 9.17) is 28.4 Å². The van der Waals surface area contributed by atoms with Crippen LogP contribution in [0.25, 0.3) is 0 Å². The van der Waals surface area contributed by atoms with E-state index in [1.54, 1.807) is 0 Å². The Morgan fingerprint density at radius 2 is 1.32 bits per heavy atom. The summed E-state index contributed by atoms with van der Waals surface area (Å²) in [7, 11) is 0. The molecule has 0 amide bonds. The second-order valence-electron chi connectivity index (χ2n) is 22.4. The Morgan fingerprint density at radius 3 is 1.91 bits per heavy atom. The third-order valence-corrected chi connectivity index (χ3v) is 18.2. The number of aliphatic carboxylic acids is 1. The molecule has 0 unspecified atom stereocenters. The van der Waals surface area contributed by atoms with Crippen LogP contribution in [0.15, 0.2) is 23.8 Å². The molecule has 0 bridgehead atoms. The fraction of sp³-hybridized carbons (Fsp3) is 0.875. The first-order valence-electron chi connectivity index (χ1n) is 24.3. The van der Waals surface area contributed by atoms with Gasteiger partial charge in [0.2, 0.25) is 6.29 Å². The van der Waals surface area contributed by atoms with E-state index in [-0.39, 0.29) is 42.3 Å². The zero-order chi connectivity index (χ0) is 50.9. The van der Waals surface area contributed by atoms with Gasteiger partial charge in [-0.15, -0.1) is 0 Å². The molecular weight excluding hydrogens is 913 g/mol. The number of aliphatic hydroxyl groups is 12. The maximum absolute atomic E-state index is 15.3. The van der Waals surface area contributed by atoms with Crippen molar-refractivity contribution in [2.45, 2.75) is 191 Å². The van der Waals surface area contributed by atoms with Crippen LogP contribution in [0.2, 0.25) is 0 Å². The SMILES string of the molecule is C=C(C(=O)O)[C@@H]1CC[C@]2(C)[C@H](CC=C3[C@@H]4CC(C)(C)CC[C@]4(C(=O)O[C@@H]4O[C@H](CO[C@@H]5O[C@H](CO)[C@@H](O)[C@H](O)[C@H]5O)[C@@H](O)[C@H](O[C@@H]5O[C@H](CO)[C@@H](O)[C@H](O)[C@H]5O)[C@H]4O)[C@H](O)C[C@]32C)[C@]1(C)CCCO. The van der Waals surface area contributed by atoms with Gasteiger partial charge in [-0.2, -0.15) is 0 Å². The predicted molar refractivity (Wildman–Crippen MR) is 236 cm³/mol. The van der Waals surface area contributed by atoms with Gasteiger partial charge in [0.25, 0.3) is 0 Å². The van der Waals surface area contributed by atoms with Crippen LogP contribution < -0.4 is 0 Å². The van der Waals surface area contributed by atoms with Crippen LogP contribution >= 0.6 is 0 Å². The van der Waals surface area contributed by atoms with Crippen molar-refractivity contribution in [1.82, 2.24) is 0 Å². The second kappa shape index (κ2) is 20.2. The summed E-state index contributed by atoms with van der Waals surface area (Å²) in [6, 6.07) is 0. The van der Waals surface area contributed by atoms with E-state index < -0.39 is 158 Å². The summed E-state index contributed by atoms with van der Waals surface area (Å²) in [6.45, 7) is 12.1. The molecule has 3 saturated carbocycles. The molecule has 21 nitrogen and oxygen atoms in total. The van der Waals surface area contributed by atoms with Gasteiger partial charge >= 0.3 is 11.9 Å². The quantitative estimate of drug-likeness (QED) is 0.0526. The van der Waals surface area contributed by atoms with Crippen molar-refractivity contribution in [2.75, 3.05) is 26.4 Å². The van der Waals surface area contributed by atoms with Gasteiger partial charge in [-0.05, 0) is 97.2 Å². The van der Waals surface area contributed by atoms with E-state index in [9.17, 15) is 71.2 Å². The predicted octanol–water partition coefficient (Wildman–Crippen LogP) is -1.66. The molecule has 0 aromatic carbocycles. The average molecular weight is 989 g/mol. The molecule has 4 aliphatic carbocycles. The Bertz CT molecular complexity index is 1890. The lowest BCUT2D eigenvalue weighted by Gasteiger charge is -2.69. The molecule has 0 aromatic rings. The normalized spacial score (nSPS) is 49.6. The molecule has 394 valence electrons. The highest BCUT2D eigenvalue weighted by molar-refractivity contribution is 5.86. The molecule has 3 heterocycles. The van der Waals surface area contributed by atoms with Crippen LogP contribution in [0, 0.1) is 44.8 Å². The molecule has 13 N–H and O–H groups in total. The van der Waals surface area contributed by atoms with Crippen molar-refractivity contribution >= 4 is 11.9 Å². The van der Waals surface area contributed by atoms with Crippen LogP contribution in [-0.2, 0) is 38.0 Å². The Kier molecular flexibility index (Phi) is 16.0. The number of carbonyl (C=O) groups excluding carboxylic acids is 1. The number of hydrogen-bond donors (Lipinski definition) is 13. The van der Waals surface area contributed by atoms with Crippen molar-refractivity contribution in [1.29, 1.82) is 0 Å². The molecule has 3 saturated heterocycles. The maximum atomic E-state index is 15.3. The Hall–Kier alpha value is -2.26. The van der Waals surface area contributed by atoms with Crippen LogP contribution in [-0.4, -0.2) is 203 Å². The van der Waals surface area contributed by atoms with Crippen LogP contribution in [0.3, 0.4) is 0 Å². The molecule has 3 aliphatic heterocycles. The summed E-state index contributed by atoms with van der Waals surface area (Å²) in [6.07, 6.45) is -22.4. The number of aliphatic hydroxyl groups excluding tert-OH is 12. The number of allylic oxidation sites excluding steroid dienone is 2. The largest absolute Gasteiger partial charge is 0.478 e. The summed E-state index contributed by atoms with van der Waals surface area (Å²) < 4.78 is 34.8. The number of esters is 1. The lowest BCUT2D eigenvalue weighted by atomic mass is 9.35. The summed E-state index contributed by atoms with van der Waals surface area (Å²) in [5, 5.41) is 139. The van der Waals surface area contributed by atoms with Crippen molar-refractivity contribution in [3.63, 3.8) is 0 Å². The summed E-state index contributed by atoms with van der Waals surface area (Å²) in [5.41, 5.74) is -2.65. The van der Waals surface area contributed by atoms with Gasteiger partial charge in [-0.25, -0.2) is 4.79 Å². The van der Waals surface area contributed by atoms with Crippen molar-refractivity contribution in [2.24, 2.45) is 44.8 Å². The Labute approximate surface area is 401 Å². The van der Waals surface area contributed by atoms with Gasteiger partial charge in [0, 0.05) is 12.2 Å². The van der Waals surface area contributed by atoms with Crippen LogP contribution in [0.5, 0.6) is 0 Å². The number of ether oxygens (including phenoxy) is 6. The molecule has 7 rings (SSSR count). The van der Waals surface area contributed by atoms with Crippen LogP contribution in [0.1, 0.15) is 92.4 Å². The van der Waals surface area contributed by atoms with Crippen molar-refractivity contribution in [3.8, 4) is 0 Å². The molecule has 21 heteroatoms. The van der Waals surface area contributed by atoms with E-state index in [2.05, 4.69) is 47.3 Å². The van der Waals surface area contributed by atoms with Gasteiger partial charge in [-0.1, -0.05) is 52.8 Å². The minimum absolute atomic E-state index is 0.0742. The minimum atomic E-state index is -2.08. The van der Waals surface area contributed by atoms with Gasteiger partial charge < -0.3 is 94.8 Å². The highest BCUT2D eigenvalue weighted by atomic mass is 16.8. The number of fused-ring (bicyclic) bond motifs is 5. The third-order valence-electron chi connectivity index (χ3n) is 18.2. The molecule has 6 fully saturated rings. The zero-order valence-electron chi connectivity index (χ0n) is 40.0. The topological polar surface area (TPSA) is 353 Å². The highest BCUT2D eigenvalue weighted by Crippen LogP contribution is 2.74. The fourth-order valence-electron chi connectivity index (χ4n) is 13.9. The first-order valence-corrected chi connectivity index (χ1v) is 24.3. The standard InChI is InChI=1S/C48H76O21/c1-21(39(61)62)22-10-12-46(5)28(45(22,4)11-7-15-49)9-8-23-24-16-44(2,3)13-14-48(24,29(52)17-47(23,46)6)43(63)69-42-37(60)38(68-41-36(59)34(57)31(54)26(19-51)66-41)32(55)27(67-42)20-64-40-35(58)33(56)30(53)25(18-50)65-40/h8,22,24-38,40-42,49-60H,1,7,9-20H2,2-6H3,(H,61,62)/t22-,24-,25+,26+,27+,28+,29+,30+,31+,32+,33-,34-,35+,36+,37+,38-,40+,41-,42-,45+,46+,47+,48+/m0/s1. The summed E-state index contributed by atoms with van der Waals surface area (Å²) in [5.74, 6) is -3.06. The molecule has 7 aliphatic rings. The Balaban J connectivity index is 1.22.